The molecule has 6 heteroatoms. The fourth-order valence-electron chi connectivity index (χ4n) is 6.01. The van der Waals surface area contributed by atoms with Gasteiger partial charge in [0, 0.05) is 11.1 Å². The highest BCUT2D eigenvalue weighted by atomic mass is 17.2. The molecule has 4 aromatic rings. The molecule has 8 rings (SSSR count). The molecule has 0 saturated carbocycles. The maximum atomic E-state index is 5.41. The van der Waals surface area contributed by atoms with Crippen molar-refractivity contribution in [3.63, 3.8) is 0 Å². The Morgan fingerprint density at radius 1 is 0.479 bits per heavy atom. The third-order valence-corrected chi connectivity index (χ3v) is 9.02. The van der Waals surface area contributed by atoms with Crippen molar-refractivity contribution in [3.8, 4) is 17.2 Å². The zero-order chi connectivity index (χ0) is 34.2. The Morgan fingerprint density at radius 2 is 1.10 bits per heavy atom. The molecule has 4 aromatic carbocycles. The van der Waals surface area contributed by atoms with Crippen molar-refractivity contribution < 1.29 is 28.7 Å². The molecule has 48 heavy (non-hydrogen) atoms. The number of hydrogen-bond acceptors (Lipinski definition) is 6. The molecule has 0 saturated heterocycles. The lowest BCUT2D eigenvalue weighted by Gasteiger charge is -2.09. The van der Waals surface area contributed by atoms with E-state index >= 15 is 0 Å². The van der Waals surface area contributed by atoms with E-state index in [0.29, 0.717) is 37.1 Å². The van der Waals surface area contributed by atoms with Crippen molar-refractivity contribution in [2.24, 2.45) is 0 Å². The first-order valence-corrected chi connectivity index (χ1v) is 17.3. The summed E-state index contributed by atoms with van der Waals surface area (Å²) in [6.07, 6.45) is 0. The van der Waals surface area contributed by atoms with Gasteiger partial charge in [-0.15, -0.1) is 0 Å². The van der Waals surface area contributed by atoms with Gasteiger partial charge in [-0.25, -0.2) is 0 Å². The Balaban J connectivity index is 0.000000125. The van der Waals surface area contributed by atoms with Crippen molar-refractivity contribution in [1.29, 1.82) is 0 Å². The van der Waals surface area contributed by atoms with Crippen LogP contribution in [0.4, 0.5) is 0 Å². The van der Waals surface area contributed by atoms with E-state index in [2.05, 4.69) is 110 Å². The van der Waals surface area contributed by atoms with Crippen LogP contribution in [0.5, 0.6) is 17.2 Å². The summed E-state index contributed by atoms with van der Waals surface area (Å²) in [5, 5.41) is 0. The van der Waals surface area contributed by atoms with Gasteiger partial charge in [0.05, 0.1) is 26.4 Å². The van der Waals surface area contributed by atoms with Gasteiger partial charge in [-0.2, -0.15) is 4.89 Å². The molecule has 4 aliphatic rings. The van der Waals surface area contributed by atoms with E-state index in [1.165, 1.54) is 44.5 Å². The minimum absolute atomic E-state index is 0.360. The lowest BCUT2D eigenvalue weighted by molar-refractivity contribution is -0.194. The highest BCUT2D eigenvalue weighted by Crippen LogP contribution is 2.38. The highest BCUT2D eigenvalue weighted by Gasteiger charge is 2.19. The summed E-state index contributed by atoms with van der Waals surface area (Å²) < 4.78 is 21.4. The highest BCUT2D eigenvalue weighted by molar-refractivity contribution is 5.49. The van der Waals surface area contributed by atoms with Crippen molar-refractivity contribution in [3.05, 3.63) is 123 Å². The van der Waals surface area contributed by atoms with E-state index < -0.39 is 0 Å². The molecule has 6 nitrogen and oxygen atoms in total. The van der Waals surface area contributed by atoms with E-state index in [1.54, 1.807) is 0 Å². The maximum Gasteiger partial charge on any atom is 0.231 e. The summed E-state index contributed by atoms with van der Waals surface area (Å²) in [4.78, 5) is 9.84. The van der Waals surface area contributed by atoms with E-state index in [4.69, 9.17) is 28.7 Å². The number of para-hydroxylation sites is 1. The summed E-state index contributed by atoms with van der Waals surface area (Å²) in [7, 11) is 0. The quantitative estimate of drug-likeness (QED) is 0.205. The van der Waals surface area contributed by atoms with Gasteiger partial charge in [0.1, 0.15) is 6.61 Å². The first-order valence-electron chi connectivity index (χ1n) is 17.3. The third-order valence-electron chi connectivity index (χ3n) is 9.02. The standard InChI is InChI=1S/2C11H14O.2C10H12O2/c1-8(2)9-3-4-10-6-12-7-11(10)5-9;1-8(2)10-5-3-4-9-6-12-7-11(9)10;1-7(2)8-3-4-9-6-11-12-10(9)5-8;1-7(2)8-4-3-5-9-10(8)12-6-11-9/h2*3-5,8H,6-7H2,1-2H3;2*3-5,7H,6H2,1-2H3. The Labute approximate surface area is 287 Å². The molecule has 0 fully saturated rings. The van der Waals surface area contributed by atoms with Crippen LogP contribution in [-0.4, -0.2) is 6.79 Å². The second-order valence-corrected chi connectivity index (χ2v) is 13.9. The van der Waals surface area contributed by atoms with Gasteiger partial charge < -0.3 is 23.8 Å². The van der Waals surface area contributed by atoms with Gasteiger partial charge >= 0.3 is 0 Å². The predicted octanol–water partition coefficient (Wildman–Crippen LogP) is 10.9. The van der Waals surface area contributed by atoms with E-state index in [1.807, 2.05) is 18.2 Å². The van der Waals surface area contributed by atoms with Crippen LogP contribution in [0.3, 0.4) is 0 Å². The number of hydrogen-bond donors (Lipinski definition) is 0. The van der Waals surface area contributed by atoms with E-state index in [0.717, 1.165) is 49.2 Å². The molecule has 0 radical (unpaired) electrons. The molecule has 0 aliphatic carbocycles. The van der Waals surface area contributed by atoms with Crippen molar-refractivity contribution >= 4 is 0 Å². The summed E-state index contributed by atoms with van der Waals surface area (Å²) in [5.41, 5.74) is 12.1. The second kappa shape index (κ2) is 16.5. The van der Waals surface area contributed by atoms with Crippen LogP contribution in [0.2, 0.25) is 0 Å². The Bertz CT molecular complexity index is 1530. The van der Waals surface area contributed by atoms with Gasteiger partial charge in [0.15, 0.2) is 17.2 Å². The molecular weight excluding hydrogens is 600 g/mol. The summed E-state index contributed by atoms with van der Waals surface area (Å²) >= 11 is 0. The molecule has 0 bridgehead atoms. The minimum atomic E-state index is 0.360. The monoisotopic (exact) mass is 652 g/mol. The lowest BCUT2D eigenvalue weighted by Crippen LogP contribution is -1.95. The second-order valence-electron chi connectivity index (χ2n) is 13.9. The number of benzene rings is 4. The smallest absolute Gasteiger partial charge is 0.231 e. The van der Waals surface area contributed by atoms with Crippen LogP contribution in [0.1, 0.15) is 129 Å². The van der Waals surface area contributed by atoms with E-state index in [-0.39, 0.29) is 0 Å². The van der Waals surface area contributed by atoms with Crippen LogP contribution in [0.25, 0.3) is 0 Å². The molecule has 256 valence electrons. The largest absolute Gasteiger partial charge is 0.454 e. The van der Waals surface area contributed by atoms with E-state index in [9.17, 15) is 0 Å². The molecule has 0 amide bonds. The first-order chi connectivity index (χ1) is 23.1. The zero-order valence-electron chi connectivity index (χ0n) is 29.9. The average molecular weight is 653 g/mol. The van der Waals surface area contributed by atoms with Crippen LogP contribution < -0.4 is 14.4 Å². The first kappa shape index (κ1) is 35.5. The van der Waals surface area contributed by atoms with Gasteiger partial charge in [0.25, 0.3) is 0 Å². The van der Waals surface area contributed by atoms with Crippen molar-refractivity contribution in [2.45, 2.75) is 112 Å². The molecule has 4 heterocycles. The minimum Gasteiger partial charge on any atom is -0.454 e. The molecule has 0 aromatic heterocycles. The van der Waals surface area contributed by atoms with Gasteiger partial charge in [0.2, 0.25) is 6.79 Å². The van der Waals surface area contributed by atoms with Crippen LogP contribution >= 0.6 is 0 Å². The average Bonchev–Trinajstić information content (AvgIpc) is 3.90. The van der Waals surface area contributed by atoms with Gasteiger partial charge in [-0.05, 0) is 74.7 Å². The molecular formula is C42H52O6. The Morgan fingerprint density at radius 3 is 1.83 bits per heavy atom. The SMILES string of the molecule is CC(C)c1ccc2c(c1)COC2.CC(C)c1ccc2c(c1)OOC2.CC(C)c1cccc2c1COC2.CC(C)c1cccc2c1OCO2. The molecule has 0 atom stereocenters. The van der Waals surface area contributed by atoms with Gasteiger partial charge in [-0.1, -0.05) is 116 Å². The zero-order valence-corrected chi connectivity index (χ0v) is 29.9. The lowest BCUT2D eigenvalue weighted by atomic mass is 9.95. The number of rotatable bonds is 4. The fourth-order valence-corrected chi connectivity index (χ4v) is 6.01. The normalized spacial score (nSPS) is 14.8. The fraction of sp³-hybridized carbons (Fsp3) is 0.429. The topological polar surface area (TPSA) is 55.4 Å². The van der Waals surface area contributed by atoms with Crippen LogP contribution in [0, 0.1) is 0 Å². The maximum absolute atomic E-state index is 5.41. The molecule has 4 aliphatic heterocycles. The third kappa shape index (κ3) is 8.79. The van der Waals surface area contributed by atoms with Crippen LogP contribution in [-0.2, 0) is 47.4 Å². The predicted molar refractivity (Wildman–Crippen MR) is 191 cm³/mol. The summed E-state index contributed by atoms with van der Waals surface area (Å²) in [6.45, 7) is 21.7. The summed E-state index contributed by atoms with van der Waals surface area (Å²) in [5.74, 6) is 4.94. The number of fused-ring (bicyclic) bond motifs is 4. The molecule has 0 spiro atoms. The Kier molecular flexibility index (Phi) is 12.2. The Hall–Kier alpha value is -3.84. The molecule has 0 N–H and O–H groups in total. The van der Waals surface area contributed by atoms with Crippen molar-refractivity contribution in [2.75, 3.05) is 6.79 Å². The van der Waals surface area contributed by atoms with Gasteiger partial charge in [-0.3, -0.25) is 0 Å². The van der Waals surface area contributed by atoms with Crippen LogP contribution in [0.15, 0.2) is 72.8 Å². The molecule has 0 unspecified atom stereocenters. The van der Waals surface area contributed by atoms with Crippen molar-refractivity contribution in [1.82, 2.24) is 0 Å². The number of ether oxygens (including phenoxy) is 4. The summed E-state index contributed by atoms with van der Waals surface area (Å²) in [6, 6.07) is 25.4.